The first-order valence-corrected chi connectivity index (χ1v) is 8.65. The number of nitrogens with zero attached hydrogens (tertiary/aromatic N) is 4. The van der Waals surface area contributed by atoms with Crippen molar-refractivity contribution in [3.8, 4) is 11.6 Å². The maximum Gasteiger partial charge on any atom is 0.216 e. The van der Waals surface area contributed by atoms with Crippen molar-refractivity contribution in [2.24, 2.45) is 4.99 Å². The zero-order valence-corrected chi connectivity index (χ0v) is 15.5. The second-order valence-corrected chi connectivity index (χ2v) is 6.23. The Labute approximate surface area is 157 Å². The zero-order valence-electron chi connectivity index (χ0n) is 14.7. The third-order valence-corrected chi connectivity index (χ3v) is 4.04. The van der Waals surface area contributed by atoms with Gasteiger partial charge in [0.2, 0.25) is 5.82 Å². The minimum atomic E-state index is 0.562. The van der Waals surface area contributed by atoms with Crippen molar-refractivity contribution < 1.29 is 4.42 Å². The fourth-order valence-corrected chi connectivity index (χ4v) is 2.80. The van der Waals surface area contributed by atoms with E-state index in [-0.39, 0.29) is 0 Å². The zero-order chi connectivity index (χ0) is 18.4. The molecule has 2 aromatic heterocycles. The van der Waals surface area contributed by atoms with Crippen LogP contribution in [0.3, 0.4) is 0 Å². The Bertz CT molecular complexity index is 858. The van der Waals surface area contributed by atoms with Crippen LogP contribution in [-0.4, -0.2) is 46.7 Å². The Morgan fingerprint density at radius 2 is 2.23 bits per heavy atom. The SMILES string of the molecule is CN=C(NCCc1nc(-c2ccco2)n[nH]1)N(C)Cc1cccc(Cl)c1. The molecule has 3 rings (SSSR count). The van der Waals surface area contributed by atoms with Gasteiger partial charge in [-0.25, -0.2) is 4.98 Å². The van der Waals surface area contributed by atoms with Gasteiger partial charge in [0, 0.05) is 38.6 Å². The maximum atomic E-state index is 6.04. The highest BCUT2D eigenvalue weighted by Crippen LogP contribution is 2.14. The van der Waals surface area contributed by atoms with Crippen LogP contribution in [-0.2, 0) is 13.0 Å². The molecule has 0 amide bonds. The summed E-state index contributed by atoms with van der Waals surface area (Å²) in [6.07, 6.45) is 2.30. The van der Waals surface area contributed by atoms with E-state index in [0.717, 1.165) is 22.4 Å². The van der Waals surface area contributed by atoms with E-state index < -0.39 is 0 Å². The van der Waals surface area contributed by atoms with Crippen LogP contribution < -0.4 is 5.32 Å². The molecule has 26 heavy (non-hydrogen) atoms. The van der Waals surface area contributed by atoms with Crippen LogP contribution in [0.25, 0.3) is 11.6 Å². The van der Waals surface area contributed by atoms with Crippen molar-refractivity contribution in [3.63, 3.8) is 0 Å². The second kappa shape index (κ2) is 8.53. The lowest BCUT2D eigenvalue weighted by molar-refractivity contribution is 0.477. The van der Waals surface area contributed by atoms with Crippen LogP contribution in [0.4, 0.5) is 0 Å². The molecule has 0 fully saturated rings. The lowest BCUT2D eigenvalue weighted by Gasteiger charge is -2.22. The molecule has 0 aliphatic rings. The molecule has 0 unspecified atom stereocenters. The van der Waals surface area contributed by atoms with Crippen molar-refractivity contribution in [2.45, 2.75) is 13.0 Å². The first kappa shape index (κ1) is 18.0. The van der Waals surface area contributed by atoms with Gasteiger partial charge in [-0.3, -0.25) is 10.1 Å². The Hall–Kier alpha value is -2.80. The molecular formula is C18H21ClN6O. The van der Waals surface area contributed by atoms with Gasteiger partial charge in [0.1, 0.15) is 5.82 Å². The van der Waals surface area contributed by atoms with E-state index in [0.29, 0.717) is 31.1 Å². The summed E-state index contributed by atoms with van der Waals surface area (Å²) in [6.45, 7) is 1.39. The number of halogens is 1. The van der Waals surface area contributed by atoms with Gasteiger partial charge in [0.15, 0.2) is 11.7 Å². The minimum Gasteiger partial charge on any atom is -0.461 e. The molecule has 2 N–H and O–H groups in total. The van der Waals surface area contributed by atoms with Gasteiger partial charge in [-0.15, -0.1) is 0 Å². The summed E-state index contributed by atoms with van der Waals surface area (Å²) in [5.74, 6) is 2.80. The molecule has 0 atom stereocenters. The largest absolute Gasteiger partial charge is 0.461 e. The van der Waals surface area contributed by atoms with Gasteiger partial charge >= 0.3 is 0 Å². The van der Waals surface area contributed by atoms with Gasteiger partial charge in [0.05, 0.1) is 6.26 Å². The van der Waals surface area contributed by atoms with Gasteiger partial charge in [-0.2, -0.15) is 5.10 Å². The number of aliphatic imine (C=N–C) groups is 1. The monoisotopic (exact) mass is 372 g/mol. The number of aromatic amines is 1. The highest BCUT2D eigenvalue weighted by Gasteiger charge is 2.10. The van der Waals surface area contributed by atoms with E-state index in [9.17, 15) is 0 Å². The predicted molar refractivity (Wildman–Crippen MR) is 102 cm³/mol. The highest BCUT2D eigenvalue weighted by molar-refractivity contribution is 6.30. The average molecular weight is 373 g/mol. The van der Waals surface area contributed by atoms with Crippen LogP contribution in [0.2, 0.25) is 5.02 Å². The van der Waals surface area contributed by atoms with Crippen molar-refractivity contribution >= 4 is 17.6 Å². The molecule has 7 nitrogen and oxygen atoms in total. The molecule has 1 aromatic carbocycles. The van der Waals surface area contributed by atoms with E-state index in [1.807, 2.05) is 48.3 Å². The number of hydrogen-bond donors (Lipinski definition) is 2. The number of guanidine groups is 1. The summed E-state index contributed by atoms with van der Waals surface area (Å²) in [5.41, 5.74) is 1.13. The molecule has 0 radical (unpaired) electrons. The van der Waals surface area contributed by atoms with Crippen LogP contribution in [0.1, 0.15) is 11.4 Å². The molecular weight excluding hydrogens is 352 g/mol. The minimum absolute atomic E-state index is 0.562. The van der Waals surface area contributed by atoms with Crippen molar-refractivity contribution in [1.82, 2.24) is 25.4 Å². The van der Waals surface area contributed by atoms with Crippen molar-refractivity contribution in [2.75, 3.05) is 20.6 Å². The van der Waals surface area contributed by atoms with Gasteiger partial charge in [-0.05, 0) is 29.8 Å². The summed E-state index contributed by atoms with van der Waals surface area (Å²) >= 11 is 6.04. The Kier molecular flexibility index (Phi) is 5.91. The highest BCUT2D eigenvalue weighted by atomic mass is 35.5. The molecule has 0 saturated carbocycles. The van der Waals surface area contributed by atoms with Crippen molar-refractivity contribution in [3.05, 3.63) is 59.1 Å². The van der Waals surface area contributed by atoms with Gasteiger partial charge < -0.3 is 14.6 Å². The lowest BCUT2D eigenvalue weighted by atomic mass is 10.2. The normalized spacial score (nSPS) is 11.6. The number of H-pyrrole nitrogens is 1. The van der Waals surface area contributed by atoms with Crippen molar-refractivity contribution in [1.29, 1.82) is 0 Å². The van der Waals surface area contributed by atoms with E-state index in [1.165, 1.54) is 0 Å². The fourth-order valence-electron chi connectivity index (χ4n) is 2.58. The number of nitrogens with one attached hydrogen (secondary N) is 2. The number of furan rings is 1. The molecule has 8 heteroatoms. The molecule has 0 spiro atoms. The third-order valence-electron chi connectivity index (χ3n) is 3.80. The number of rotatable bonds is 6. The molecule has 0 aliphatic heterocycles. The number of aromatic nitrogens is 3. The first-order chi connectivity index (χ1) is 12.7. The quantitative estimate of drug-likeness (QED) is 0.513. The Balaban J connectivity index is 1.51. The predicted octanol–water partition coefficient (Wildman–Crippen LogP) is 2.97. The van der Waals surface area contributed by atoms with Gasteiger partial charge in [-0.1, -0.05) is 23.7 Å². The molecule has 3 aromatic rings. The molecule has 0 saturated heterocycles. The van der Waals surface area contributed by atoms with Crippen LogP contribution in [0.5, 0.6) is 0 Å². The van der Waals surface area contributed by atoms with E-state index in [4.69, 9.17) is 16.0 Å². The number of hydrogen-bond acceptors (Lipinski definition) is 4. The summed E-state index contributed by atoms with van der Waals surface area (Å²) in [6, 6.07) is 11.5. The molecule has 2 heterocycles. The lowest BCUT2D eigenvalue weighted by Crippen LogP contribution is -2.39. The van der Waals surface area contributed by atoms with Crippen LogP contribution >= 0.6 is 11.6 Å². The van der Waals surface area contributed by atoms with E-state index in [1.54, 1.807) is 13.3 Å². The summed E-state index contributed by atoms with van der Waals surface area (Å²) in [7, 11) is 3.75. The molecule has 0 bridgehead atoms. The standard InChI is InChI=1S/C18H21ClN6O/c1-20-18(25(2)12-13-5-3-6-14(19)11-13)21-9-8-16-22-17(24-23-16)15-7-4-10-26-15/h3-7,10-11H,8-9,12H2,1-2H3,(H,20,21)(H,22,23,24). The Morgan fingerprint density at radius 1 is 1.35 bits per heavy atom. The summed E-state index contributed by atoms with van der Waals surface area (Å²) < 4.78 is 5.29. The second-order valence-electron chi connectivity index (χ2n) is 5.79. The van der Waals surface area contributed by atoms with Gasteiger partial charge in [0.25, 0.3) is 0 Å². The topological polar surface area (TPSA) is 82.3 Å². The smallest absolute Gasteiger partial charge is 0.216 e. The summed E-state index contributed by atoms with van der Waals surface area (Å²) in [5, 5.41) is 11.2. The van der Waals surface area contributed by atoms with Crippen LogP contribution in [0.15, 0.2) is 52.1 Å². The van der Waals surface area contributed by atoms with Crippen LogP contribution in [0, 0.1) is 0 Å². The van der Waals surface area contributed by atoms with E-state index >= 15 is 0 Å². The Morgan fingerprint density at radius 3 is 2.96 bits per heavy atom. The molecule has 136 valence electrons. The first-order valence-electron chi connectivity index (χ1n) is 8.27. The average Bonchev–Trinajstić information content (AvgIpc) is 3.30. The fraction of sp³-hybridized carbons (Fsp3) is 0.278. The summed E-state index contributed by atoms with van der Waals surface area (Å²) in [4.78, 5) is 10.8. The molecule has 0 aliphatic carbocycles. The third kappa shape index (κ3) is 4.64. The number of benzene rings is 1. The van der Waals surface area contributed by atoms with E-state index in [2.05, 4.69) is 25.5 Å². The maximum absolute atomic E-state index is 6.04.